The molecule has 0 aliphatic carbocycles. The SMILES string of the molecule is CO/C(=N\S(=O)(=O)c1ccc(C)cc1)[C@H](c1ccccc1)[C@H](C[N+](=O)[O-])c1ccc(OC)cc1. The largest absolute Gasteiger partial charge is 0.497 e. The molecule has 0 saturated heterocycles. The molecule has 0 aromatic heterocycles. The van der Waals surface area contributed by atoms with E-state index in [2.05, 4.69) is 4.40 Å². The zero-order chi connectivity index (χ0) is 24.7. The summed E-state index contributed by atoms with van der Waals surface area (Å²) in [5.74, 6) is -1.11. The number of rotatable bonds is 9. The molecule has 8 nitrogen and oxygen atoms in total. The van der Waals surface area contributed by atoms with E-state index in [4.69, 9.17) is 9.47 Å². The van der Waals surface area contributed by atoms with Crippen molar-refractivity contribution in [3.8, 4) is 5.75 Å². The molecule has 0 saturated carbocycles. The van der Waals surface area contributed by atoms with Crippen LogP contribution in [0.25, 0.3) is 0 Å². The summed E-state index contributed by atoms with van der Waals surface area (Å²) in [5.41, 5.74) is 2.18. The number of ether oxygens (including phenoxy) is 2. The van der Waals surface area contributed by atoms with Crippen molar-refractivity contribution in [2.24, 2.45) is 4.40 Å². The van der Waals surface area contributed by atoms with Crippen molar-refractivity contribution >= 4 is 15.9 Å². The van der Waals surface area contributed by atoms with Gasteiger partial charge in [0.1, 0.15) is 5.75 Å². The van der Waals surface area contributed by atoms with Gasteiger partial charge in [-0.05, 0) is 42.3 Å². The Hall–Kier alpha value is -3.72. The molecule has 0 spiro atoms. The lowest BCUT2D eigenvalue weighted by molar-refractivity contribution is -0.483. The number of hydrogen-bond donors (Lipinski definition) is 0. The highest BCUT2D eigenvalue weighted by molar-refractivity contribution is 7.90. The average molecular weight is 483 g/mol. The molecule has 3 rings (SSSR count). The van der Waals surface area contributed by atoms with Gasteiger partial charge >= 0.3 is 0 Å². The summed E-state index contributed by atoms with van der Waals surface area (Å²) in [4.78, 5) is 11.3. The summed E-state index contributed by atoms with van der Waals surface area (Å²) in [7, 11) is -1.28. The number of aryl methyl sites for hydroxylation is 1. The molecule has 0 radical (unpaired) electrons. The summed E-state index contributed by atoms with van der Waals surface area (Å²) < 4.78 is 40.9. The van der Waals surface area contributed by atoms with E-state index in [0.29, 0.717) is 16.9 Å². The van der Waals surface area contributed by atoms with Gasteiger partial charge in [0.25, 0.3) is 10.0 Å². The molecule has 0 fully saturated rings. The van der Waals surface area contributed by atoms with Crippen LogP contribution < -0.4 is 4.74 Å². The second kappa shape index (κ2) is 10.9. The van der Waals surface area contributed by atoms with Gasteiger partial charge in [0.15, 0.2) is 0 Å². The van der Waals surface area contributed by atoms with Crippen molar-refractivity contribution in [3.63, 3.8) is 0 Å². The fourth-order valence-corrected chi connectivity index (χ4v) is 4.74. The van der Waals surface area contributed by atoms with E-state index in [9.17, 15) is 18.5 Å². The lowest BCUT2D eigenvalue weighted by Gasteiger charge is -2.26. The Labute approximate surface area is 199 Å². The fraction of sp³-hybridized carbons (Fsp3) is 0.240. The van der Waals surface area contributed by atoms with Crippen LogP contribution in [0.4, 0.5) is 0 Å². The molecule has 0 N–H and O–H groups in total. The van der Waals surface area contributed by atoms with Crippen LogP contribution in [0.1, 0.15) is 28.5 Å². The smallest absolute Gasteiger partial charge is 0.285 e. The molecule has 0 bridgehead atoms. The summed E-state index contributed by atoms with van der Waals surface area (Å²) >= 11 is 0. The molecular weight excluding hydrogens is 456 g/mol. The number of hydrogen-bond acceptors (Lipinski definition) is 6. The molecule has 34 heavy (non-hydrogen) atoms. The fourth-order valence-electron chi connectivity index (χ4n) is 3.72. The van der Waals surface area contributed by atoms with Gasteiger partial charge < -0.3 is 9.47 Å². The first-order chi connectivity index (χ1) is 16.2. The first-order valence-electron chi connectivity index (χ1n) is 10.5. The van der Waals surface area contributed by atoms with Crippen molar-refractivity contribution < 1.29 is 22.8 Å². The Kier molecular flexibility index (Phi) is 8.01. The zero-order valence-electron chi connectivity index (χ0n) is 19.1. The summed E-state index contributed by atoms with van der Waals surface area (Å²) in [6.45, 7) is 1.39. The minimum Gasteiger partial charge on any atom is -0.497 e. The number of nitro groups is 1. The Morgan fingerprint density at radius 2 is 1.56 bits per heavy atom. The second-order valence-electron chi connectivity index (χ2n) is 7.71. The molecule has 0 heterocycles. The maximum atomic E-state index is 13.1. The molecule has 0 unspecified atom stereocenters. The molecular formula is C25H26N2O6S. The summed E-state index contributed by atoms with van der Waals surface area (Å²) in [5, 5.41) is 11.7. The second-order valence-corrected chi connectivity index (χ2v) is 9.31. The van der Waals surface area contributed by atoms with E-state index in [1.807, 2.05) is 13.0 Å². The highest BCUT2D eigenvalue weighted by Crippen LogP contribution is 2.36. The number of sulfonamides is 1. The van der Waals surface area contributed by atoms with Crippen LogP contribution in [-0.2, 0) is 14.8 Å². The normalized spacial score (nSPS) is 13.7. The average Bonchev–Trinajstić information content (AvgIpc) is 2.83. The maximum Gasteiger partial charge on any atom is 0.285 e. The van der Waals surface area contributed by atoms with Gasteiger partial charge in [-0.3, -0.25) is 10.1 Å². The monoisotopic (exact) mass is 482 g/mol. The molecule has 0 aliphatic heterocycles. The van der Waals surface area contributed by atoms with Crippen LogP contribution in [0.3, 0.4) is 0 Å². The van der Waals surface area contributed by atoms with Crippen LogP contribution in [0.15, 0.2) is 88.2 Å². The van der Waals surface area contributed by atoms with Gasteiger partial charge in [-0.1, -0.05) is 60.2 Å². The Morgan fingerprint density at radius 1 is 0.941 bits per heavy atom. The van der Waals surface area contributed by atoms with Crippen molar-refractivity contribution in [1.29, 1.82) is 0 Å². The van der Waals surface area contributed by atoms with Crippen molar-refractivity contribution in [1.82, 2.24) is 0 Å². The van der Waals surface area contributed by atoms with Crippen LogP contribution in [0, 0.1) is 17.0 Å². The molecule has 178 valence electrons. The van der Waals surface area contributed by atoms with E-state index in [1.165, 1.54) is 26.4 Å². The van der Waals surface area contributed by atoms with Crippen LogP contribution in [0.5, 0.6) is 5.75 Å². The van der Waals surface area contributed by atoms with E-state index in [-0.39, 0.29) is 10.8 Å². The van der Waals surface area contributed by atoms with Gasteiger partial charge in [-0.2, -0.15) is 8.42 Å². The first kappa shape index (κ1) is 24.9. The number of nitrogens with zero attached hydrogens (tertiary/aromatic N) is 2. The topological polar surface area (TPSA) is 108 Å². The van der Waals surface area contributed by atoms with E-state index >= 15 is 0 Å². The molecule has 3 aromatic carbocycles. The lowest BCUT2D eigenvalue weighted by Crippen LogP contribution is -2.28. The summed E-state index contributed by atoms with van der Waals surface area (Å²) in [6.07, 6.45) is 0. The first-order valence-corrected chi connectivity index (χ1v) is 12.0. The molecule has 0 aliphatic rings. The van der Waals surface area contributed by atoms with E-state index in [0.717, 1.165) is 5.56 Å². The minimum atomic E-state index is -4.12. The van der Waals surface area contributed by atoms with Crippen LogP contribution in [-0.4, -0.2) is 40.0 Å². The van der Waals surface area contributed by atoms with E-state index in [1.54, 1.807) is 60.7 Å². The van der Waals surface area contributed by atoms with E-state index < -0.39 is 33.3 Å². The Balaban J connectivity index is 2.18. The highest BCUT2D eigenvalue weighted by Gasteiger charge is 2.35. The van der Waals surface area contributed by atoms with Gasteiger partial charge in [-0.15, -0.1) is 4.40 Å². The van der Waals surface area contributed by atoms with Crippen LogP contribution >= 0.6 is 0 Å². The van der Waals surface area contributed by atoms with Crippen molar-refractivity contribution in [2.75, 3.05) is 20.8 Å². The predicted octanol–water partition coefficient (Wildman–Crippen LogP) is 4.58. The van der Waals surface area contributed by atoms with Gasteiger partial charge in [0.2, 0.25) is 12.4 Å². The maximum absolute atomic E-state index is 13.1. The number of methoxy groups -OCH3 is 2. The predicted molar refractivity (Wildman–Crippen MR) is 130 cm³/mol. The Bertz CT molecular complexity index is 1240. The highest BCUT2D eigenvalue weighted by atomic mass is 32.2. The quantitative estimate of drug-likeness (QED) is 0.191. The van der Waals surface area contributed by atoms with Crippen molar-refractivity contribution in [3.05, 3.63) is 106 Å². The molecule has 2 atom stereocenters. The third-order valence-corrected chi connectivity index (χ3v) is 6.74. The van der Waals surface area contributed by atoms with Gasteiger partial charge in [0.05, 0.1) is 31.0 Å². The van der Waals surface area contributed by atoms with Gasteiger partial charge in [0, 0.05) is 4.92 Å². The third kappa shape index (κ3) is 5.99. The standard InChI is InChI=1S/C25H26N2O6S/c1-18-9-15-22(16-10-18)34(30,31)26-25(33-3)24(20-7-5-4-6-8-20)23(17-27(28)29)19-11-13-21(32-2)14-12-19/h4-16,23-24H,17H2,1-3H3/b26-25-/t23-,24-/m1/s1. The zero-order valence-corrected chi connectivity index (χ0v) is 19.9. The molecule has 9 heteroatoms. The molecule has 0 amide bonds. The lowest BCUT2D eigenvalue weighted by atomic mass is 9.81. The summed E-state index contributed by atoms with van der Waals surface area (Å²) in [6, 6.07) is 22.1. The van der Waals surface area contributed by atoms with Gasteiger partial charge in [-0.25, -0.2) is 0 Å². The minimum absolute atomic E-state index is 0.00901. The number of benzene rings is 3. The third-order valence-electron chi connectivity index (χ3n) is 5.45. The van der Waals surface area contributed by atoms with Crippen LogP contribution in [0.2, 0.25) is 0 Å². The van der Waals surface area contributed by atoms with Crippen molar-refractivity contribution in [2.45, 2.75) is 23.7 Å². The molecule has 3 aromatic rings. The Morgan fingerprint density at radius 3 is 2.09 bits per heavy atom.